The fraction of sp³-hybridized carbons (Fsp3) is 0.625. The van der Waals surface area contributed by atoms with Crippen molar-refractivity contribution in [3.05, 3.63) is 11.9 Å². The summed E-state index contributed by atoms with van der Waals surface area (Å²) in [6.07, 6.45) is 1.25. The van der Waals surface area contributed by atoms with Crippen molar-refractivity contribution in [3.63, 3.8) is 0 Å². The number of halogens is 1. The van der Waals surface area contributed by atoms with E-state index >= 15 is 0 Å². The Balaban J connectivity index is 3.12. The molecule has 0 unspecified atom stereocenters. The minimum atomic E-state index is -3.74. The van der Waals surface area contributed by atoms with Crippen molar-refractivity contribution in [2.24, 2.45) is 0 Å². The Labute approximate surface area is 93.4 Å². The number of aryl methyl sites for hydroxylation is 1. The van der Waals surface area contributed by atoms with Crippen LogP contribution in [0, 0.1) is 0 Å². The van der Waals surface area contributed by atoms with Gasteiger partial charge < -0.3 is 4.74 Å². The van der Waals surface area contributed by atoms with Gasteiger partial charge in [-0.25, -0.2) is 8.42 Å². The second kappa shape index (κ2) is 4.96. The molecule has 1 aromatic rings. The minimum Gasteiger partial charge on any atom is -0.375 e. The van der Waals surface area contributed by atoms with E-state index in [1.807, 2.05) is 13.8 Å². The van der Waals surface area contributed by atoms with Gasteiger partial charge in [-0.2, -0.15) is 5.10 Å². The summed E-state index contributed by atoms with van der Waals surface area (Å²) in [5.41, 5.74) is 0.495. The first-order chi connectivity index (χ1) is 7.00. The van der Waals surface area contributed by atoms with Gasteiger partial charge in [0.25, 0.3) is 9.05 Å². The first-order valence-corrected chi connectivity index (χ1v) is 6.88. The molecule has 0 bridgehead atoms. The van der Waals surface area contributed by atoms with E-state index in [1.165, 1.54) is 6.20 Å². The molecule has 5 nitrogen and oxygen atoms in total. The van der Waals surface area contributed by atoms with Crippen molar-refractivity contribution in [1.29, 1.82) is 0 Å². The number of ether oxygens (including phenoxy) is 1. The Morgan fingerprint density at radius 2 is 2.20 bits per heavy atom. The lowest BCUT2D eigenvalue weighted by Crippen LogP contribution is -2.07. The lowest BCUT2D eigenvalue weighted by atomic mass is 10.4. The Morgan fingerprint density at radius 1 is 1.53 bits per heavy atom. The Morgan fingerprint density at radius 3 is 2.67 bits per heavy atom. The molecule has 0 saturated carbocycles. The van der Waals surface area contributed by atoms with Gasteiger partial charge in [-0.1, -0.05) is 0 Å². The van der Waals surface area contributed by atoms with Crippen molar-refractivity contribution in [2.45, 2.75) is 31.9 Å². The van der Waals surface area contributed by atoms with Crippen molar-refractivity contribution >= 4 is 19.7 Å². The molecule has 15 heavy (non-hydrogen) atoms. The van der Waals surface area contributed by atoms with E-state index in [9.17, 15) is 8.42 Å². The van der Waals surface area contributed by atoms with Crippen LogP contribution < -0.4 is 0 Å². The summed E-state index contributed by atoms with van der Waals surface area (Å²) >= 11 is 0. The number of hydrogen-bond acceptors (Lipinski definition) is 4. The second-order valence-electron chi connectivity index (χ2n) is 2.85. The zero-order valence-corrected chi connectivity index (χ0v) is 10.2. The number of nitrogens with zero attached hydrogens (tertiary/aromatic N) is 2. The Kier molecular flexibility index (Phi) is 4.12. The largest absolute Gasteiger partial charge is 0.375 e. The average molecular weight is 253 g/mol. The standard InChI is InChI=1S/C8H13ClN2O3S/c1-3-11-7(6-14-4-2)8(5-10-11)15(9,12)13/h5H,3-4,6H2,1-2H3. The van der Waals surface area contributed by atoms with Crippen LogP contribution in [0.1, 0.15) is 19.5 Å². The molecule has 0 N–H and O–H groups in total. The number of hydrogen-bond donors (Lipinski definition) is 0. The van der Waals surface area contributed by atoms with Gasteiger partial charge in [-0.15, -0.1) is 0 Å². The highest BCUT2D eigenvalue weighted by Gasteiger charge is 2.20. The molecule has 0 aromatic carbocycles. The van der Waals surface area contributed by atoms with Gasteiger partial charge in [0.1, 0.15) is 4.90 Å². The second-order valence-corrected chi connectivity index (χ2v) is 5.38. The van der Waals surface area contributed by atoms with Gasteiger partial charge in [0, 0.05) is 23.8 Å². The van der Waals surface area contributed by atoms with E-state index in [1.54, 1.807) is 4.68 Å². The van der Waals surface area contributed by atoms with Crippen LogP contribution in [-0.2, 0) is 26.9 Å². The van der Waals surface area contributed by atoms with E-state index in [0.29, 0.717) is 18.8 Å². The van der Waals surface area contributed by atoms with Gasteiger partial charge in [-0.3, -0.25) is 4.68 Å². The van der Waals surface area contributed by atoms with Crippen LogP contribution >= 0.6 is 10.7 Å². The van der Waals surface area contributed by atoms with Gasteiger partial charge in [0.05, 0.1) is 18.5 Å². The summed E-state index contributed by atoms with van der Waals surface area (Å²) in [4.78, 5) is 0.0273. The molecule has 0 aliphatic heterocycles. The van der Waals surface area contributed by atoms with Gasteiger partial charge >= 0.3 is 0 Å². The van der Waals surface area contributed by atoms with E-state index in [4.69, 9.17) is 15.4 Å². The molecule has 0 radical (unpaired) electrons. The summed E-state index contributed by atoms with van der Waals surface area (Å²) in [6.45, 7) is 4.99. The smallest absolute Gasteiger partial charge is 0.264 e. The summed E-state index contributed by atoms with van der Waals surface area (Å²) in [6, 6.07) is 0. The molecule has 0 amide bonds. The van der Waals surface area contributed by atoms with Crippen molar-refractivity contribution in [3.8, 4) is 0 Å². The summed E-state index contributed by atoms with van der Waals surface area (Å²) < 4.78 is 29.1. The SMILES string of the molecule is CCOCc1c(S(=O)(=O)Cl)cnn1CC. The maximum Gasteiger partial charge on any atom is 0.264 e. The van der Waals surface area contributed by atoms with Crippen molar-refractivity contribution in [1.82, 2.24) is 9.78 Å². The van der Waals surface area contributed by atoms with Gasteiger partial charge in [0.15, 0.2) is 0 Å². The topological polar surface area (TPSA) is 61.2 Å². The predicted molar refractivity (Wildman–Crippen MR) is 56.3 cm³/mol. The van der Waals surface area contributed by atoms with E-state index < -0.39 is 9.05 Å². The van der Waals surface area contributed by atoms with Gasteiger partial charge in [0.2, 0.25) is 0 Å². The Bertz CT molecular complexity index is 427. The van der Waals surface area contributed by atoms with Crippen LogP contribution in [0.25, 0.3) is 0 Å². The molecule has 1 rings (SSSR count). The molecule has 1 aromatic heterocycles. The number of aromatic nitrogens is 2. The molecule has 0 atom stereocenters. The minimum absolute atomic E-state index is 0.0273. The molecule has 0 aliphatic rings. The van der Waals surface area contributed by atoms with Crippen LogP contribution in [0.2, 0.25) is 0 Å². The third-order valence-electron chi connectivity index (χ3n) is 1.92. The zero-order valence-electron chi connectivity index (χ0n) is 8.60. The van der Waals surface area contributed by atoms with Crippen molar-refractivity contribution in [2.75, 3.05) is 6.61 Å². The first-order valence-electron chi connectivity index (χ1n) is 4.57. The van der Waals surface area contributed by atoms with Crippen LogP contribution in [0.15, 0.2) is 11.1 Å². The highest BCUT2D eigenvalue weighted by Crippen LogP contribution is 2.20. The summed E-state index contributed by atoms with van der Waals surface area (Å²) in [7, 11) is 1.53. The highest BCUT2D eigenvalue weighted by molar-refractivity contribution is 8.13. The molecule has 86 valence electrons. The lowest BCUT2D eigenvalue weighted by Gasteiger charge is -2.06. The maximum absolute atomic E-state index is 11.2. The van der Waals surface area contributed by atoms with Crippen LogP contribution in [-0.4, -0.2) is 24.8 Å². The van der Waals surface area contributed by atoms with Crippen LogP contribution in [0.4, 0.5) is 0 Å². The molecule has 0 aliphatic carbocycles. The number of rotatable bonds is 5. The van der Waals surface area contributed by atoms with E-state index in [0.717, 1.165) is 0 Å². The average Bonchev–Trinajstić information content (AvgIpc) is 2.56. The van der Waals surface area contributed by atoms with E-state index in [-0.39, 0.29) is 11.5 Å². The normalized spacial score (nSPS) is 11.9. The van der Waals surface area contributed by atoms with Crippen LogP contribution in [0.3, 0.4) is 0 Å². The zero-order chi connectivity index (χ0) is 11.5. The lowest BCUT2D eigenvalue weighted by molar-refractivity contribution is 0.126. The quantitative estimate of drug-likeness (QED) is 0.743. The molecular formula is C8H13ClN2O3S. The molecule has 7 heteroatoms. The molecule has 1 heterocycles. The summed E-state index contributed by atoms with van der Waals surface area (Å²) in [5.74, 6) is 0. The Hall–Kier alpha value is -0.590. The maximum atomic E-state index is 11.2. The summed E-state index contributed by atoms with van der Waals surface area (Å²) in [5, 5.41) is 3.93. The van der Waals surface area contributed by atoms with Crippen LogP contribution in [0.5, 0.6) is 0 Å². The predicted octanol–water partition coefficient (Wildman–Crippen LogP) is 1.37. The fourth-order valence-electron chi connectivity index (χ4n) is 1.21. The fourth-order valence-corrected chi connectivity index (χ4v) is 2.22. The first kappa shape index (κ1) is 12.5. The third-order valence-corrected chi connectivity index (χ3v) is 3.28. The van der Waals surface area contributed by atoms with Gasteiger partial charge in [-0.05, 0) is 13.8 Å². The molecular weight excluding hydrogens is 240 g/mol. The van der Waals surface area contributed by atoms with Crippen molar-refractivity contribution < 1.29 is 13.2 Å². The highest BCUT2D eigenvalue weighted by atomic mass is 35.7. The molecule has 0 saturated heterocycles. The molecule has 0 spiro atoms. The van der Waals surface area contributed by atoms with E-state index in [2.05, 4.69) is 5.10 Å². The third kappa shape index (κ3) is 2.93. The molecule has 0 fully saturated rings. The monoisotopic (exact) mass is 252 g/mol.